The highest BCUT2D eigenvalue weighted by molar-refractivity contribution is 6.31. The first-order valence-corrected chi connectivity index (χ1v) is 7.51. The van der Waals surface area contributed by atoms with Crippen molar-refractivity contribution in [2.45, 2.75) is 58.3 Å². The number of carbonyl (C=O) groups excluding carboxylic acids is 1. The van der Waals surface area contributed by atoms with Gasteiger partial charge in [0.25, 0.3) is 0 Å². The molecular formula is C16H22ClFO. The molecule has 19 heavy (non-hydrogen) atoms. The third kappa shape index (κ3) is 5.73. The van der Waals surface area contributed by atoms with Crippen molar-refractivity contribution in [3.63, 3.8) is 0 Å². The highest BCUT2D eigenvalue weighted by Crippen LogP contribution is 2.20. The molecule has 0 unspecified atom stereocenters. The second-order valence-corrected chi connectivity index (χ2v) is 5.30. The number of rotatable bonds is 9. The molecule has 0 aliphatic heterocycles. The van der Waals surface area contributed by atoms with Crippen LogP contribution in [-0.4, -0.2) is 5.78 Å². The molecule has 3 heteroatoms. The summed E-state index contributed by atoms with van der Waals surface area (Å²) < 4.78 is 13.6. The normalized spacial score (nSPS) is 10.7. The molecule has 1 aromatic carbocycles. The molecule has 1 nitrogen and oxygen atoms in total. The highest BCUT2D eigenvalue weighted by atomic mass is 35.5. The SMILES string of the molecule is CCCCCCCCCC(=O)c1cccc(Cl)c1F. The Morgan fingerprint density at radius 1 is 1.11 bits per heavy atom. The Balaban J connectivity index is 2.26. The van der Waals surface area contributed by atoms with Crippen LogP contribution >= 0.6 is 11.6 Å². The zero-order chi connectivity index (χ0) is 14.1. The largest absolute Gasteiger partial charge is 0.294 e. The molecule has 0 aromatic heterocycles. The van der Waals surface area contributed by atoms with Crippen molar-refractivity contribution in [2.24, 2.45) is 0 Å². The first-order valence-electron chi connectivity index (χ1n) is 7.14. The van der Waals surface area contributed by atoms with Gasteiger partial charge >= 0.3 is 0 Å². The van der Waals surface area contributed by atoms with E-state index in [1.54, 1.807) is 6.07 Å². The van der Waals surface area contributed by atoms with E-state index in [1.807, 2.05) is 0 Å². The quantitative estimate of drug-likeness (QED) is 0.413. The number of benzene rings is 1. The number of halogens is 2. The van der Waals surface area contributed by atoms with Crippen molar-refractivity contribution in [2.75, 3.05) is 0 Å². The van der Waals surface area contributed by atoms with Gasteiger partial charge in [0.1, 0.15) is 0 Å². The number of ketones is 1. The summed E-state index contributed by atoms with van der Waals surface area (Å²) in [6.45, 7) is 2.19. The Labute approximate surface area is 120 Å². The molecule has 0 atom stereocenters. The van der Waals surface area contributed by atoms with Crippen LogP contribution < -0.4 is 0 Å². The van der Waals surface area contributed by atoms with Crippen LogP contribution in [0.1, 0.15) is 68.6 Å². The van der Waals surface area contributed by atoms with E-state index in [0.29, 0.717) is 6.42 Å². The monoisotopic (exact) mass is 284 g/mol. The van der Waals surface area contributed by atoms with E-state index >= 15 is 0 Å². The first kappa shape index (κ1) is 16.2. The van der Waals surface area contributed by atoms with Crippen LogP contribution in [0.5, 0.6) is 0 Å². The number of hydrogen-bond acceptors (Lipinski definition) is 1. The number of hydrogen-bond donors (Lipinski definition) is 0. The van der Waals surface area contributed by atoms with Gasteiger partial charge in [-0.25, -0.2) is 4.39 Å². The van der Waals surface area contributed by atoms with Gasteiger partial charge in [0.15, 0.2) is 11.6 Å². The molecule has 0 heterocycles. The summed E-state index contributed by atoms with van der Waals surface area (Å²) in [4.78, 5) is 11.9. The summed E-state index contributed by atoms with van der Waals surface area (Å²) in [6.07, 6.45) is 8.46. The summed E-state index contributed by atoms with van der Waals surface area (Å²) in [5, 5.41) is 0.0189. The Morgan fingerprint density at radius 2 is 1.74 bits per heavy atom. The lowest BCUT2D eigenvalue weighted by atomic mass is 10.0. The first-order chi connectivity index (χ1) is 9.16. The fourth-order valence-corrected chi connectivity index (χ4v) is 2.27. The van der Waals surface area contributed by atoms with Crippen LogP contribution in [0.25, 0.3) is 0 Å². The summed E-state index contributed by atoms with van der Waals surface area (Å²) in [5.41, 5.74) is 0.124. The van der Waals surface area contributed by atoms with Gasteiger partial charge in [0.05, 0.1) is 10.6 Å². The van der Waals surface area contributed by atoms with E-state index in [2.05, 4.69) is 6.92 Å². The second kappa shape index (κ2) is 9.08. The molecule has 0 fully saturated rings. The van der Waals surface area contributed by atoms with E-state index in [0.717, 1.165) is 19.3 Å². The minimum absolute atomic E-state index is 0.0189. The molecule has 0 saturated heterocycles. The molecule has 1 rings (SSSR count). The van der Waals surface area contributed by atoms with Crippen molar-refractivity contribution in [3.05, 3.63) is 34.6 Å². The second-order valence-electron chi connectivity index (χ2n) is 4.90. The number of Topliss-reactive ketones (excluding diaryl/α,β-unsaturated/α-hetero) is 1. The number of carbonyl (C=O) groups is 1. The van der Waals surface area contributed by atoms with Crippen molar-refractivity contribution in [1.29, 1.82) is 0 Å². The molecule has 0 N–H and O–H groups in total. The Bertz CT molecular complexity index is 404. The molecule has 0 spiro atoms. The van der Waals surface area contributed by atoms with Gasteiger partial charge in [0.2, 0.25) is 0 Å². The summed E-state index contributed by atoms with van der Waals surface area (Å²) in [6, 6.07) is 4.58. The standard InChI is InChI=1S/C16H22ClFO/c1-2-3-4-5-6-7-8-12-15(19)13-10-9-11-14(17)16(13)18/h9-11H,2-8,12H2,1H3. The fourth-order valence-electron chi connectivity index (χ4n) is 2.10. The van der Waals surface area contributed by atoms with Crippen LogP contribution in [0.2, 0.25) is 5.02 Å². The minimum atomic E-state index is -0.586. The van der Waals surface area contributed by atoms with Gasteiger partial charge in [-0.15, -0.1) is 0 Å². The van der Waals surface area contributed by atoms with Crippen molar-refractivity contribution >= 4 is 17.4 Å². The third-order valence-electron chi connectivity index (χ3n) is 3.26. The maximum absolute atomic E-state index is 13.6. The average Bonchev–Trinajstić information content (AvgIpc) is 2.40. The van der Waals surface area contributed by atoms with Crippen LogP contribution in [0.15, 0.2) is 18.2 Å². The third-order valence-corrected chi connectivity index (χ3v) is 3.55. The average molecular weight is 285 g/mol. The predicted molar refractivity (Wildman–Crippen MR) is 78.4 cm³/mol. The minimum Gasteiger partial charge on any atom is -0.294 e. The number of unbranched alkanes of at least 4 members (excludes halogenated alkanes) is 6. The van der Waals surface area contributed by atoms with E-state index < -0.39 is 5.82 Å². The lowest BCUT2D eigenvalue weighted by molar-refractivity contribution is 0.0975. The molecule has 0 radical (unpaired) electrons. The van der Waals surface area contributed by atoms with Gasteiger partial charge in [-0.3, -0.25) is 4.79 Å². The van der Waals surface area contributed by atoms with Gasteiger partial charge in [-0.1, -0.05) is 63.1 Å². The van der Waals surface area contributed by atoms with Gasteiger partial charge < -0.3 is 0 Å². The van der Waals surface area contributed by atoms with E-state index in [9.17, 15) is 9.18 Å². The van der Waals surface area contributed by atoms with Crippen LogP contribution in [-0.2, 0) is 0 Å². The molecule has 0 saturated carbocycles. The maximum atomic E-state index is 13.6. The Hall–Kier alpha value is -0.890. The lowest BCUT2D eigenvalue weighted by Crippen LogP contribution is -2.02. The topological polar surface area (TPSA) is 17.1 Å². The summed E-state index contributed by atoms with van der Waals surface area (Å²) in [5.74, 6) is -0.731. The van der Waals surface area contributed by atoms with Crippen LogP contribution in [0.4, 0.5) is 4.39 Å². The maximum Gasteiger partial charge on any atom is 0.165 e. The zero-order valence-corrected chi connectivity index (χ0v) is 12.3. The molecule has 0 aliphatic carbocycles. The molecule has 0 bridgehead atoms. The van der Waals surface area contributed by atoms with Gasteiger partial charge in [-0.05, 0) is 18.6 Å². The van der Waals surface area contributed by atoms with E-state index in [-0.39, 0.29) is 16.4 Å². The molecule has 0 aliphatic rings. The molecule has 0 amide bonds. The summed E-state index contributed by atoms with van der Waals surface area (Å²) in [7, 11) is 0. The van der Waals surface area contributed by atoms with Crippen molar-refractivity contribution in [1.82, 2.24) is 0 Å². The smallest absolute Gasteiger partial charge is 0.165 e. The van der Waals surface area contributed by atoms with E-state index in [4.69, 9.17) is 11.6 Å². The van der Waals surface area contributed by atoms with Crippen LogP contribution in [0, 0.1) is 5.82 Å². The highest BCUT2D eigenvalue weighted by Gasteiger charge is 2.13. The molecule has 1 aromatic rings. The Kier molecular flexibility index (Phi) is 7.73. The molecule has 106 valence electrons. The zero-order valence-electron chi connectivity index (χ0n) is 11.6. The lowest BCUT2D eigenvalue weighted by Gasteiger charge is -2.04. The molecular weight excluding hydrogens is 263 g/mol. The van der Waals surface area contributed by atoms with Gasteiger partial charge in [-0.2, -0.15) is 0 Å². The van der Waals surface area contributed by atoms with E-state index in [1.165, 1.54) is 37.8 Å². The van der Waals surface area contributed by atoms with Crippen molar-refractivity contribution in [3.8, 4) is 0 Å². The fraction of sp³-hybridized carbons (Fsp3) is 0.562. The van der Waals surface area contributed by atoms with Crippen molar-refractivity contribution < 1.29 is 9.18 Å². The summed E-state index contributed by atoms with van der Waals surface area (Å²) >= 11 is 5.66. The Morgan fingerprint density at radius 3 is 2.42 bits per heavy atom. The van der Waals surface area contributed by atoms with Gasteiger partial charge in [0, 0.05) is 6.42 Å². The predicted octanol–water partition coefficient (Wildman–Crippen LogP) is 5.80. The van der Waals surface area contributed by atoms with Crippen LogP contribution in [0.3, 0.4) is 0 Å².